The average Bonchev–Trinajstić information content (AvgIpc) is 2.13. The van der Waals surface area contributed by atoms with Crippen LogP contribution in [-0.4, -0.2) is 25.0 Å². The summed E-state index contributed by atoms with van der Waals surface area (Å²) in [7, 11) is 0. The third-order valence-corrected chi connectivity index (χ3v) is 1.91. The lowest BCUT2D eigenvalue weighted by molar-refractivity contribution is -0.121. The van der Waals surface area contributed by atoms with Gasteiger partial charge >= 0.3 is 0 Å². The molecule has 0 aliphatic carbocycles. The summed E-state index contributed by atoms with van der Waals surface area (Å²) >= 11 is 0. The van der Waals surface area contributed by atoms with Gasteiger partial charge in [0.05, 0.1) is 0 Å². The van der Waals surface area contributed by atoms with Crippen LogP contribution in [0, 0.1) is 0 Å². The fourth-order valence-electron chi connectivity index (χ4n) is 1.23. The summed E-state index contributed by atoms with van der Waals surface area (Å²) in [5.41, 5.74) is 0. The second-order valence-corrected chi connectivity index (χ2v) is 3.37. The van der Waals surface area contributed by atoms with Crippen LogP contribution in [0.4, 0.5) is 0 Å². The number of hydrogen-bond donors (Lipinski definition) is 2. The Bertz CT molecular complexity index is 178. The van der Waals surface area contributed by atoms with Crippen molar-refractivity contribution in [1.29, 1.82) is 0 Å². The van der Waals surface area contributed by atoms with Crippen LogP contribution in [0.25, 0.3) is 0 Å². The Labute approximate surface area is 87.0 Å². The van der Waals surface area contributed by atoms with E-state index in [1.807, 2.05) is 32.9 Å². The molecule has 3 heteroatoms. The molecule has 0 rings (SSSR count). The zero-order chi connectivity index (χ0) is 10.8. The molecule has 0 aromatic heterocycles. The maximum atomic E-state index is 11.3. The second kappa shape index (κ2) is 8.75. The van der Waals surface area contributed by atoms with Crippen LogP contribution in [0.5, 0.6) is 0 Å². The van der Waals surface area contributed by atoms with Gasteiger partial charge in [0, 0.05) is 19.0 Å². The van der Waals surface area contributed by atoms with E-state index in [1.165, 1.54) is 0 Å². The molecule has 0 aliphatic heterocycles. The Morgan fingerprint density at radius 1 is 1.50 bits per heavy atom. The maximum Gasteiger partial charge on any atom is 0.221 e. The van der Waals surface area contributed by atoms with Crippen LogP contribution in [0.1, 0.15) is 33.6 Å². The summed E-state index contributed by atoms with van der Waals surface area (Å²) in [6.07, 6.45) is 5.52. The van der Waals surface area contributed by atoms with Gasteiger partial charge in [-0.15, -0.1) is 0 Å². The first kappa shape index (κ1) is 13.2. The van der Waals surface area contributed by atoms with Crippen molar-refractivity contribution in [3.63, 3.8) is 0 Å². The molecule has 14 heavy (non-hydrogen) atoms. The van der Waals surface area contributed by atoms with Crippen LogP contribution in [0.3, 0.4) is 0 Å². The number of nitrogens with one attached hydrogen (secondary N) is 2. The monoisotopic (exact) mass is 198 g/mol. The average molecular weight is 198 g/mol. The van der Waals surface area contributed by atoms with E-state index < -0.39 is 0 Å². The van der Waals surface area contributed by atoms with Gasteiger partial charge in [-0.1, -0.05) is 19.1 Å². The van der Waals surface area contributed by atoms with Crippen molar-refractivity contribution >= 4 is 5.91 Å². The van der Waals surface area contributed by atoms with E-state index in [1.54, 1.807) is 0 Å². The van der Waals surface area contributed by atoms with Crippen molar-refractivity contribution in [1.82, 2.24) is 10.6 Å². The minimum Gasteiger partial charge on any atom is -0.356 e. The van der Waals surface area contributed by atoms with Crippen LogP contribution in [0.2, 0.25) is 0 Å². The predicted molar refractivity (Wildman–Crippen MR) is 60.2 cm³/mol. The third-order valence-electron chi connectivity index (χ3n) is 1.91. The maximum absolute atomic E-state index is 11.3. The van der Waals surface area contributed by atoms with Crippen molar-refractivity contribution in [3.05, 3.63) is 12.2 Å². The number of rotatable bonds is 7. The molecule has 0 fully saturated rings. The summed E-state index contributed by atoms with van der Waals surface area (Å²) in [5, 5.41) is 6.08. The largest absolute Gasteiger partial charge is 0.356 e. The Morgan fingerprint density at radius 2 is 2.21 bits per heavy atom. The summed E-state index contributed by atoms with van der Waals surface area (Å²) in [6, 6.07) is 0.265. The normalized spacial score (nSPS) is 13.1. The number of allylic oxidation sites excluding steroid dienone is 1. The molecule has 0 aromatic rings. The molecule has 1 unspecified atom stereocenters. The summed E-state index contributed by atoms with van der Waals surface area (Å²) in [5.74, 6) is 0.128. The first-order chi connectivity index (χ1) is 6.70. The number of carbonyl (C=O) groups excluding carboxylic acids is 1. The molecule has 2 N–H and O–H groups in total. The topological polar surface area (TPSA) is 41.1 Å². The summed E-state index contributed by atoms with van der Waals surface area (Å²) in [4.78, 5) is 11.3. The van der Waals surface area contributed by atoms with E-state index >= 15 is 0 Å². The van der Waals surface area contributed by atoms with Gasteiger partial charge in [0.15, 0.2) is 0 Å². The molecular weight excluding hydrogens is 176 g/mol. The third kappa shape index (κ3) is 7.80. The van der Waals surface area contributed by atoms with Crippen LogP contribution >= 0.6 is 0 Å². The molecule has 0 saturated heterocycles. The van der Waals surface area contributed by atoms with Gasteiger partial charge in [-0.25, -0.2) is 0 Å². The van der Waals surface area contributed by atoms with Gasteiger partial charge in [0.2, 0.25) is 5.91 Å². The van der Waals surface area contributed by atoms with Crippen molar-refractivity contribution in [2.45, 2.75) is 39.7 Å². The van der Waals surface area contributed by atoms with E-state index in [0.29, 0.717) is 6.42 Å². The minimum atomic E-state index is 0.128. The molecule has 0 radical (unpaired) electrons. The number of carbonyl (C=O) groups is 1. The van der Waals surface area contributed by atoms with Crippen molar-refractivity contribution in [3.8, 4) is 0 Å². The highest BCUT2D eigenvalue weighted by atomic mass is 16.1. The number of amides is 1. The second-order valence-electron chi connectivity index (χ2n) is 3.37. The lowest BCUT2D eigenvalue weighted by Gasteiger charge is -2.11. The lowest BCUT2D eigenvalue weighted by Crippen LogP contribution is -2.33. The lowest BCUT2D eigenvalue weighted by atomic mass is 10.2. The van der Waals surface area contributed by atoms with E-state index in [0.717, 1.165) is 19.5 Å². The van der Waals surface area contributed by atoms with Crippen LogP contribution in [0.15, 0.2) is 12.2 Å². The van der Waals surface area contributed by atoms with Gasteiger partial charge < -0.3 is 10.6 Å². The van der Waals surface area contributed by atoms with Gasteiger partial charge in [-0.2, -0.15) is 0 Å². The first-order valence-electron chi connectivity index (χ1n) is 5.32. The zero-order valence-electron chi connectivity index (χ0n) is 9.47. The van der Waals surface area contributed by atoms with Gasteiger partial charge in [-0.3, -0.25) is 4.79 Å². The van der Waals surface area contributed by atoms with Crippen LogP contribution in [-0.2, 0) is 4.79 Å². The SMILES string of the molecule is C/C=C/CCNC(=O)CC(C)NCC. The van der Waals surface area contributed by atoms with E-state index in [9.17, 15) is 4.79 Å². The van der Waals surface area contributed by atoms with E-state index in [4.69, 9.17) is 0 Å². The minimum absolute atomic E-state index is 0.128. The molecule has 0 aliphatic rings. The van der Waals surface area contributed by atoms with E-state index in [2.05, 4.69) is 10.6 Å². The quantitative estimate of drug-likeness (QED) is 0.480. The zero-order valence-corrected chi connectivity index (χ0v) is 9.47. The fourth-order valence-corrected chi connectivity index (χ4v) is 1.23. The van der Waals surface area contributed by atoms with Crippen molar-refractivity contribution in [2.75, 3.05) is 13.1 Å². The summed E-state index contributed by atoms with van der Waals surface area (Å²) in [6.45, 7) is 7.69. The highest BCUT2D eigenvalue weighted by molar-refractivity contribution is 5.76. The molecule has 0 saturated carbocycles. The molecule has 0 bridgehead atoms. The van der Waals surface area contributed by atoms with Gasteiger partial charge in [-0.05, 0) is 26.8 Å². The Hall–Kier alpha value is -0.830. The number of hydrogen-bond acceptors (Lipinski definition) is 2. The Morgan fingerprint density at radius 3 is 2.79 bits per heavy atom. The molecule has 1 atom stereocenters. The molecule has 1 amide bonds. The molecule has 0 heterocycles. The van der Waals surface area contributed by atoms with Crippen LogP contribution < -0.4 is 10.6 Å². The highest BCUT2D eigenvalue weighted by Gasteiger charge is 2.05. The molecule has 0 spiro atoms. The highest BCUT2D eigenvalue weighted by Crippen LogP contribution is 1.90. The van der Waals surface area contributed by atoms with Gasteiger partial charge in [0.25, 0.3) is 0 Å². The van der Waals surface area contributed by atoms with Gasteiger partial charge in [0.1, 0.15) is 0 Å². The Balaban J connectivity index is 3.45. The van der Waals surface area contributed by atoms with Crippen molar-refractivity contribution < 1.29 is 4.79 Å². The van der Waals surface area contributed by atoms with Crippen molar-refractivity contribution in [2.24, 2.45) is 0 Å². The Kier molecular flexibility index (Phi) is 8.24. The first-order valence-corrected chi connectivity index (χ1v) is 5.32. The molecule has 82 valence electrons. The molecule has 3 nitrogen and oxygen atoms in total. The fraction of sp³-hybridized carbons (Fsp3) is 0.727. The predicted octanol–water partition coefficient (Wildman–Crippen LogP) is 1.46. The standard InChI is InChI=1S/C11H22N2O/c1-4-6-7-8-13-11(14)9-10(3)12-5-2/h4,6,10,12H,5,7-9H2,1-3H3,(H,13,14)/b6-4+. The summed E-state index contributed by atoms with van der Waals surface area (Å²) < 4.78 is 0. The van der Waals surface area contributed by atoms with E-state index in [-0.39, 0.29) is 11.9 Å². The molecular formula is C11H22N2O. The molecule has 0 aromatic carbocycles. The smallest absolute Gasteiger partial charge is 0.221 e.